The van der Waals surface area contributed by atoms with Crippen molar-refractivity contribution < 1.29 is 14.6 Å². The number of aromatic hydroxyl groups is 1. The highest BCUT2D eigenvalue weighted by Gasteiger charge is 2.06. The molecule has 0 bridgehead atoms. The second kappa shape index (κ2) is 5.56. The van der Waals surface area contributed by atoms with Crippen LogP contribution in [0.4, 0.5) is 0 Å². The molecule has 0 aromatic heterocycles. The minimum atomic E-state index is -0.401. The minimum absolute atomic E-state index is 0.0769. The summed E-state index contributed by atoms with van der Waals surface area (Å²) in [6.07, 6.45) is 1.54. The summed E-state index contributed by atoms with van der Waals surface area (Å²) in [5.74, 6) is -0.324. The largest absolute Gasteiger partial charge is 0.507 e. The summed E-state index contributed by atoms with van der Waals surface area (Å²) in [5.41, 5.74) is 0.914. The first-order valence-electron chi connectivity index (χ1n) is 4.88. The van der Waals surface area contributed by atoms with Crippen molar-refractivity contribution in [1.82, 2.24) is 0 Å². The Hall–Kier alpha value is -1.48. The molecule has 0 aliphatic heterocycles. The number of ether oxygens (including phenoxy) is 1. The summed E-state index contributed by atoms with van der Waals surface area (Å²) >= 11 is 5.78. The van der Waals surface area contributed by atoms with Crippen LogP contribution in [0.15, 0.2) is 23.8 Å². The Labute approximate surface area is 99.3 Å². The van der Waals surface area contributed by atoms with E-state index in [-0.39, 0.29) is 5.75 Å². The average molecular weight is 241 g/mol. The summed E-state index contributed by atoms with van der Waals surface area (Å²) in [5, 5.41) is 10.0. The number of phenols is 1. The van der Waals surface area contributed by atoms with Crippen LogP contribution in [0.2, 0.25) is 5.02 Å². The topological polar surface area (TPSA) is 46.5 Å². The Kier molecular flexibility index (Phi) is 4.38. The molecule has 0 aliphatic carbocycles. The molecule has 0 fully saturated rings. The van der Waals surface area contributed by atoms with Gasteiger partial charge in [0, 0.05) is 16.2 Å². The van der Waals surface area contributed by atoms with Crippen LogP contribution in [0, 0.1) is 0 Å². The third-order valence-corrected chi connectivity index (χ3v) is 2.19. The van der Waals surface area contributed by atoms with Crippen LogP contribution in [0.1, 0.15) is 19.4 Å². The zero-order chi connectivity index (χ0) is 12.1. The standard InChI is InChI=1S/C12H13ClO3/c1-3-16-12(15)8(2)6-9-7-10(13)4-5-11(9)14/h4-7,14H,3H2,1-2H3/b8-6+. The molecule has 0 heterocycles. The number of benzene rings is 1. The lowest BCUT2D eigenvalue weighted by Gasteiger charge is -2.03. The van der Waals surface area contributed by atoms with Crippen molar-refractivity contribution >= 4 is 23.6 Å². The normalized spacial score (nSPS) is 11.3. The number of rotatable bonds is 3. The number of phenolic OH excluding ortho intramolecular Hbond substituents is 1. The van der Waals surface area contributed by atoms with Crippen LogP contribution in [0.3, 0.4) is 0 Å². The molecule has 86 valence electrons. The molecule has 1 rings (SSSR count). The van der Waals surface area contributed by atoms with Crippen LogP contribution in [-0.4, -0.2) is 17.7 Å². The fourth-order valence-electron chi connectivity index (χ4n) is 1.18. The second-order valence-electron chi connectivity index (χ2n) is 3.25. The van der Waals surface area contributed by atoms with Gasteiger partial charge in [-0.1, -0.05) is 11.6 Å². The maximum atomic E-state index is 11.3. The van der Waals surface area contributed by atoms with Crippen molar-refractivity contribution in [1.29, 1.82) is 0 Å². The highest BCUT2D eigenvalue weighted by atomic mass is 35.5. The maximum Gasteiger partial charge on any atom is 0.333 e. The van der Waals surface area contributed by atoms with Crippen molar-refractivity contribution in [3.8, 4) is 5.75 Å². The smallest absolute Gasteiger partial charge is 0.333 e. The van der Waals surface area contributed by atoms with E-state index >= 15 is 0 Å². The fourth-order valence-corrected chi connectivity index (χ4v) is 1.36. The molecule has 1 aromatic carbocycles. The van der Waals surface area contributed by atoms with Crippen LogP contribution >= 0.6 is 11.6 Å². The molecule has 0 saturated carbocycles. The van der Waals surface area contributed by atoms with Gasteiger partial charge < -0.3 is 9.84 Å². The molecule has 1 N–H and O–H groups in total. The summed E-state index contributed by atoms with van der Waals surface area (Å²) in [7, 11) is 0. The molecule has 0 saturated heterocycles. The number of esters is 1. The van der Waals surface area contributed by atoms with E-state index in [2.05, 4.69) is 0 Å². The lowest BCUT2D eigenvalue weighted by Crippen LogP contribution is -2.04. The molecule has 0 spiro atoms. The molecule has 0 atom stereocenters. The van der Waals surface area contributed by atoms with Gasteiger partial charge in [-0.2, -0.15) is 0 Å². The Morgan fingerprint density at radius 3 is 2.88 bits per heavy atom. The van der Waals surface area contributed by atoms with Crippen LogP contribution in [-0.2, 0) is 9.53 Å². The van der Waals surface area contributed by atoms with Gasteiger partial charge in [-0.05, 0) is 38.1 Å². The van der Waals surface area contributed by atoms with Gasteiger partial charge in [-0.25, -0.2) is 4.79 Å². The van der Waals surface area contributed by atoms with Gasteiger partial charge in [-0.3, -0.25) is 0 Å². The van der Waals surface area contributed by atoms with Crippen LogP contribution in [0.5, 0.6) is 5.75 Å². The summed E-state index contributed by atoms with van der Waals surface area (Å²) in [6.45, 7) is 3.69. The third-order valence-electron chi connectivity index (χ3n) is 1.96. The first-order valence-corrected chi connectivity index (χ1v) is 5.26. The van der Waals surface area contributed by atoms with Gasteiger partial charge in [0.15, 0.2) is 0 Å². The zero-order valence-electron chi connectivity index (χ0n) is 9.16. The number of hydrogen-bond donors (Lipinski definition) is 1. The summed E-state index contributed by atoms with van der Waals surface area (Å²) < 4.78 is 4.82. The molecule has 0 unspecified atom stereocenters. The molecular weight excluding hydrogens is 228 g/mol. The summed E-state index contributed by atoms with van der Waals surface area (Å²) in [6, 6.07) is 4.64. The van der Waals surface area contributed by atoms with Gasteiger partial charge in [0.05, 0.1) is 6.61 Å². The number of halogens is 1. The van der Waals surface area contributed by atoms with Gasteiger partial charge in [0.25, 0.3) is 0 Å². The van der Waals surface area contributed by atoms with Crippen molar-refractivity contribution in [3.05, 3.63) is 34.4 Å². The highest BCUT2D eigenvalue weighted by molar-refractivity contribution is 6.30. The predicted octanol–water partition coefficient (Wildman–Crippen LogP) is 3.01. The van der Waals surface area contributed by atoms with E-state index in [4.69, 9.17) is 16.3 Å². The molecule has 0 radical (unpaired) electrons. The quantitative estimate of drug-likeness (QED) is 0.653. The van der Waals surface area contributed by atoms with Crippen molar-refractivity contribution in [3.63, 3.8) is 0 Å². The zero-order valence-corrected chi connectivity index (χ0v) is 9.91. The van der Waals surface area contributed by atoms with Gasteiger partial charge >= 0.3 is 5.97 Å². The predicted molar refractivity (Wildman–Crippen MR) is 63.4 cm³/mol. The van der Waals surface area contributed by atoms with Gasteiger partial charge in [-0.15, -0.1) is 0 Å². The third kappa shape index (κ3) is 3.28. The average Bonchev–Trinajstić information content (AvgIpc) is 2.23. The Bertz CT molecular complexity index is 424. The monoisotopic (exact) mass is 240 g/mol. The van der Waals surface area contributed by atoms with E-state index in [0.717, 1.165) is 0 Å². The molecule has 4 heteroatoms. The first-order chi connectivity index (χ1) is 7.54. The van der Waals surface area contributed by atoms with Crippen molar-refractivity contribution in [2.24, 2.45) is 0 Å². The lowest BCUT2D eigenvalue weighted by molar-refractivity contribution is -0.138. The van der Waals surface area contributed by atoms with E-state index in [1.165, 1.54) is 6.07 Å². The SMILES string of the molecule is CCOC(=O)/C(C)=C/c1cc(Cl)ccc1O. The van der Waals surface area contributed by atoms with Crippen molar-refractivity contribution in [2.75, 3.05) is 6.61 Å². The first kappa shape index (κ1) is 12.6. The van der Waals surface area contributed by atoms with Gasteiger partial charge in [0.1, 0.15) is 5.75 Å². The molecule has 0 amide bonds. The lowest BCUT2D eigenvalue weighted by atomic mass is 10.1. The number of carbonyl (C=O) groups is 1. The molecular formula is C12H13ClO3. The van der Waals surface area contributed by atoms with E-state index in [1.807, 2.05) is 0 Å². The summed E-state index contributed by atoms with van der Waals surface area (Å²) in [4.78, 5) is 11.3. The number of hydrogen-bond acceptors (Lipinski definition) is 3. The molecule has 0 aliphatic rings. The minimum Gasteiger partial charge on any atom is -0.507 e. The fraction of sp³-hybridized carbons (Fsp3) is 0.250. The second-order valence-corrected chi connectivity index (χ2v) is 3.69. The van der Waals surface area contributed by atoms with E-state index in [0.29, 0.717) is 22.8 Å². The Morgan fingerprint density at radius 2 is 2.25 bits per heavy atom. The van der Waals surface area contributed by atoms with Crippen molar-refractivity contribution in [2.45, 2.75) is 13.8 Å². The Morgan fingerprint density at radius 1 is 1.56 bits per heavy atom. The van der Waals surface area contributed by atoms with E-state index in [9.17, 15) is 9.90 Å². The van der Waals surface area contributed by atoms with E-state index < -0.39 is 5.97 Å². The molecule has 16 heavy (non-hydrogen) atoms. The number of carbonyl (C=O) groups excluding carboxylic acids is 1. The van der Waals surface area contributed by atoms with Crippen LogP contribution < -0.4 is 0 Å². The molecule has 3 nitrogen and oxygen atoms in total. The maximum absolute atomic E-state index is 11.3. The molecule has 1 aromatic rings. The Balaban J connectivity index is 2.97. The van der Waals surface area contributed by atoms with E-state index in [1.54, 1.807) is 32.1 Å². The van der Waals surface area contributed by atoms with Gasteiger partial charge in [0.2, 0.25) is 0 Å². The highest BCUT2D eigenvalue weighted by Crippen LogP contribution is 2.23. The van der Waals surface area contributed by atoms with Crippen LogP contribution in [0.25, 0.3) is 6.08 Å².